The minimum atomic E-state index is -0.714. The summed E-state index contributed by atoms with van der Waals surface area (Å²) in [5, 5.41) is 9.23. The minimum Gasteiger partial charge on any atom is -0.329 e. The van der Waals surface area contributed by atoms with E-state index in [9.17, 15) is 18.8 Å². The van der Waals surface area contributed by atoms with E-state index in [0.29, 0.717) is 17.0 Å². The number of fused-ring (bicyclic) bond motifs is 1. The fourth-order valence-electron chi connectivity index (χ4n) is 3.08. The number of hydrogen-bond acceptors (Lipinski definition) is 5. The van der Waals surface area contributed by atoms with Crippen molar-refractivity contribution < 1.29 is 23.6 Å². The summed E-state index contributed by atoms with van der Waals surface area (Å²) in [4.78, 5) is 41.7. The van der Waals surface area contributed by atoms with Crippen LogP contribution in [0.15, 0.2) is 42.5 Å². The minimum absolute atomic E-state index is 0.0699. The Morgan fingerprint density at radius 1 is 1.15 bits per heavy atom. The van der Waals surface area contributed by atoms with Crippen LogP contribution in [0.25, 0.3) is 0 Å². The van der Waals surface area contributed by atoms with Crippen molar-refractivity contribution in [3.05, 3.63) is 70.5 Å². The van der Waals surface area contributed by atoms with Gasteiger partial charge in [0, 0.05) is 0 Å². The molecule has 4 rings (SSSR count). The van der Waals surface area contributed by atoms with Crippen LogP contribution >= 0.6 is 0 Å². The second-order valence-electron chi connectivity index (χ2n) is 6.16. The summed E-state index contributed by atoms with van der Waals surface area (Å²) in [5.74, 6) is -3.55. The van der Waals surface area contributed by atoms with Gasteiger partial charge in [-0.05, 0) is 42.2 Å². The zero-order valence-electron chi connectivity index (χ0n) is 13.3. The Balaban J connectivity index is 1.46. The van der Waals surface area contributed by atoms with E-state index in [2.05, 4.69) is 0 Å². The third-order valence-corrected chi connectivity index (χ3v) is 4.57. The molecule has 0 spiro atoms. The monoisotopic (exact) mass is 350 g/mol. The lowest BCUT2D eigenvalue weighted by molar-refractivity contribution is -0.170. The number of hydrogen-bond donors (Lipinski definition) is 0. The van der Waals surface area contributed by atoms with E-state index < -0.39 is 29.5 Å². The molecule has 1 aliphatic heterocycles. The van der Waals surface area contributed by atoms with Crippen LogP contribution in [0.2, 0.25) is 0 Å². The smallest absolute Gasteiger partial charge is 0.329 e. The molecule has 1 aliphatic carbocycles. The molecule has 7 heteroatoms. The first-order chi connectivity index (χ1) is 12.5. The Morgan fingerprint density at radius 3 is 2.38 bits per heavy atom. The van der Waals surface area contributed by atoms with E-state index in [-0.39, 0.29) is 22.6 Å². The van der Waals surface area contributed by atoms with Crippen molar-refractivity contribution in [3.63, 3.8) is 0 Å². The molecule has 0 saturated heterocycles. The van der Waals surface area contributed by atoms with Gasteiger partial charge in [0.2, 0.25) is 0 Å². The molecule has 2 atom stereocenters. The van der Waals surface area contributed by atoms with E-state index in [0.717, 1.165) is 0 Å². The molecular weight excluding hydrogens is 339 g/mol. The Morgan fingerprint density at radius 2 is 1.81 bits per heavy atom. The molecule has 2 aromatic rings. The van der Waals surface area contributed by atoms with Crippen LogP contribution in [0.3, 0.4) is 0 Å². The van der Waals surface area contributed by atoms with E-state index in [1.807, 2.05) is 0 Å². The van der Waals surface area contributed by atoms with Crippen LogP contribution in [0, 0.1) is 23.1 Å². The van der Waals surface area contributed by atoms with Gasteiger partial charge in [-0.25, -0.2) is 9.18 Å². The SMILES string of the molecule is N#Cc1ccc([C@H]2C[C@@H]2C(=O)ON2C(=O)c3ccccc3C2=O)cc1F. The van der Waals surface area contributed by atoms with Crippen molar-refractivity contribution >= 4 is 17.8 Å². The van der Waals surface area contributed by atoms with Gasteiger partial charge in [-0.1, -0.05) is 23.3 Å². The van der Waals surface area contributed by atoms with Gasteiger partial charge in [0.15, 0.2) is 0 Å². The Hall–Kier alpha value is -3.53. The maximum Gasteiger partial charge on any atom is 0.336 e. The normalized spacial score (nSPS) is 20.5. The summed E-state index contributed by atoms with van der Waals surface area (Å²) in [5.41, 5.74) is 0.879. The number of amides is 2. The summed E-state index contributed by atoms with van der Waals surface area (Å²) in [7, 11) is 0. The van der Waals surface area contributed by atoms with Crippen molar-refractivity contribution in [2.24, 2.45) is 5.92 Å². The molecular formula is C19H11FN2O4. The molecule has 0 N–H and O–H groups in total. The number of rotatable bonds is 3. The zero-order chi connectivity index (χ0) is 18.4. The number of nitrogens with zero attached hydrogens (tertiary/aromatic N) is 2. The first kappa shape index (κ1) is 16.0. The summed E-state index contributed by atoms with van der Waals surface area (Å²) < 4.78 is 13.7. The highest BCUT2D eigenvalue weighted by molar-refractivity contribution is 6.20. The third-order valence-electron chi connectivity index (χ3n) is 4.57. The van der Waals surface area contributed by atoms with Gasteiger partial charge in [-0.15, -0.1) is 0 Å². The second kappa shape index (κ2) is 5.77. The highest BCUT2D eigenvalue weighted by atomic mass is 19.1. The van der Waals surface area contributed by atoms with Crippen molar-refractivity contribution in [2.75, 3.05) is 0 Å². The zero-order valence-corrected chi connectivity index (χ0v) is 13.3. The first-order valence-corrected chi connectivity index (χ1v) is 7.90. The number of hydroxylamine groups is 2. The Labute approximate surface area is 147 Å². The summed E-state index contributed by atoms with van der Waals surface area (Å²) >= 11 is 0. The number of imide groups is 1. The summed E-state index contributed by atoms with van der Waals surface area (Å²) in [6.45, 7) is 0. The topological polar surface area (TPSA) is 87.5 Å². The predicted octanol–water partition coefficient (Wildman–Crippen LogP) is 2.56. The molecule has 0 bridgehead atoms. The van der Waals surface area contributed by atoms with Crippen LogP contribution in [0.5, 0.6) is 0 Å². The van der Waals surface area contributed by atoms with E-state index >= 15 is 0 Å². The van der Waals surface area contributed by atoms with Gasteiger partial charge >= 0.3 is 5.97 Å². The van der Waals surface area contributed by atoms with Crippen LogP contribution in [0.1, 0.15) is 44.2 Å². The molecule has 1 heterocycles. The van der Waals surface area contributed by atoms with Crippen molar-refractivity contribution in [3.8, 4) is 6.07 Å². The van der Waals surface area contributed by atoms with E-state index in [1.165, 1.54) is 24.3 Å². The summed E-state index contributed by atoms with van der Waals surface area (Å²) in [6, 6.07) is 12.1. The van der Waals surface area contributed by atoms with Gasteiger partial charge in [-0.3, -0.25) is 9.59 Å². The van der Waals surface area contributed by atoms with Crippen molar-refractivity contribution in [2.45, 2.75) is 12.3 Å². The largest absolute Gasteiger partial charge is 0.336 e. The molecule has 2 amide bonds. The molecule has 0 unspecified atom stereocenters. The standard InChI is InChI=1S/C19H11FN2O4/c20-16-7-10(5-6-11(16)9-21)14-8-15(14)19(25)26-22-17(23)12-3-1-2-4-13(12)18(22)24/h1-7,14-15H,8H2/t14-,15+/m1/s1. The van der Waals surface area contributed by atoms with Gasteiger partial charge in [-0.2, -0.15) is 5.26 Å². The van der Waals surface area contributed by atoms with Crippen LogP contribution in [-0.4, -0.2) is 22.8 Å². The molecule has 0 aromatic heterocycles. The fraction of sp³-hybridized carbons (Fsp3) is 0.158. The number of halogens is 1. The highest BCUT2D eigenvalue weighted by Crippen LogP contribution is 2.48. The van der Waals surface area contributed by atoms with E-state index in [4.69, 9.17) is 10.1 Å². The van der Waals surface area contributed by atoms with E-state index in [1.54, 1.807) is 24.3 Å². The van der Waals surface area contributed by atoms with Crippen LogP contribution < -0.4 is 0 Å². The lowest BCUT2D eigenvalue weighted by Crippen LogP contribution is -2.33. The molecule has 2 aromatic carbocycles. The maximum atomic E-state index is 13.7. The lowest BCUT2D eigenvalue weighted by Gasteiger charge is -2.12. The van der Waals surface area contributed by atoms with Crippen LogP contribution in [-0.2, 0) is 9.63 Å². The predicted molar refractivity (Wildman–Crippen MR) is 85.0 cm³/mol. The average molecular weight is 350 g/mol. The van der Waals surface area contributed by atoms with Gasteiger partial charge in [0.1, 0.15) is 11.9 Å². The Bertz CT molecular complexity index is 976. The molecule has 26 heavy (non-hydrogen) atoms. The number of nitriles is 1. The maximum absolute atomic E-state index is 13.7. The molecule has 0 radical (unpaired) electrons. The fourth-order valence-corrected chi connectivity index (χ4v) is 3.08. The van der Waals surface area contributed by atoms with Gasteiger partial charge in [0.05, 0.1) is 22.6 Å². The quantitative estimate of drug-likeness (QED) is 0.794. The molecule has 1 fully saturated rings. The molecule has 128 valence electrons. The van der Waals surface area contributed by atoms with Gasteiger partial charge < -0.3 is 4.84 Å². The highest BCUT2D eigenvalue weighted by Gasteiger charge is 2.48. The van der Waals surface area contributed by atoms with Crippen molar-refractivity contribution in [1.29, 1.82) is 5.26 Å². The summed E-state index contributed by atoms with van der Waals surface area (Å²) in [6.07, 6.45) is 0.424. The number of carbonyl (C=O) groups is 3. The van der Waals surface area contributed by atoms with Crippen LogP contribution in [0.4, 0.5) is 4.39 Å². The number of benzene rings is 2. The molecule has 1 saturated carbocycles. The van der Waals surface area contributed by atoms with Gasteiger partial charge in [0.25, 0.3) is 11.8 Å². The average Bonchev–Trinajstić information content (AvgIpc) is 3.42. The molecule has 2 aliphatic rings. The lowest BCUT2D eigenvalue weighted by atomic mass is 10.1. The van der Waals surface area contributed by atoms with Crippen molar-refractivity contribution in [1.82, 2.24) is 5.06 Å². The third kappa shape index (κ3) is 2.43. The molecule has 6 nitrogen and oxygen atoms in total. The second-order valence-corrected chi connectivity index (χ2v) is 6.16. The Kier molecular flexibility index (Phi) is 3.55. The number of carbonyl (C=O) groups excluding carboxylic acids is 3. The first-order valence-electron chi connectivity index (χ1n) is 7.90.